The summed E-state index contributed by atoms with van der Waals surface area (Å²) in [6.45, 7) is 0.646. The molecule has 4 heteroatoms. The van der Waals surface area contributed by atoms with Gasteiger partial charge in [-0.3, -0.25) is 4.79 Å². The van der Waals surface area contributed by atoms with E-state index in [4.69, 9.17) is 4.42 Å². The fourth-order valence-electron chi connectivity index (χ4n) is 2.96. The molecule has 2 N–H and O–H groups in total. The molecule has 0 spiro atoms. The van der Waals surface area contributed by atoms with Crippen molar-refractivity contribution in [2.75, 3.05) is 13.2 Å². The summed E-state index contributed by atoms with van der Waals surface area (Å²) in [4.78, 5) is 12.1. The third-order valence-electron chi connectivity index (χ3n) is 4.27. The topological polar surface area (TPSA) is 62.5 Å². The highest BCUT2D eigenvalue weighted by Crippen LogP contribution is 2.36. The van der Waals surface area contributed by atoms with E-state index in [1.54, 1.807) is 6.07 Å². The first-order valence-corrected chi connectivity index (χ1v) is 7.10. The number of hydrogen-bond acceptors (Lipinski definition) is 3. The number of fused-ring (bicyclic) bond motifs is 1. The number of hydrogen-bond donors (Lipinski definition) is 2. The van der Waals surface area contributed by atoms with E-state index < -0.39 is 0 Å². The molecule has 0 bridgehead atoms. The van der Waals surface area contributed by atoms with Gasteiger partial charge in [-0.2, -0.15) is 0 Å². The standard InChI is InChI=1S/C16H19NO3/c18-11-16(7-3-4-8-16)10-17-15(19)14-9-12-5-1-2-6-13(12)20-14/h1-2,5-6,9,18H,3-4,7-8,10-11H2,(H,17,19). The molecule has 1 aromatic heterocycles. The van der Waals surface area contributed by atoms with Crippen molar-refractivity contribution in [3.63, 3.8) is 0 Å². The van der Waals surface area contributed by atoms with Crippen molar-refractivity contribution in [2.24, 2.45) is 5.41 Å². The summed E-state index contributed by atoms with van der Waals surface area (Å²) in [6, 6.07) is 9.32. The van der Waals surface area contributed by atoms with Gasteiger partial charge in [0, 0.05) is 17.3 Å². The number of rotatable bonds is 4. The normalized spacial score (nSPS) is 17.4. The molecule has 1 aliphatic carbocycles. The van der Waals surface area contributed by atoms with Crippen molar-refractivity contribution in [1.82, 2.24) is 5.32 Å². The van der Waals surface area contributed by atoms with Gasteiger partial charge in [0.05, 0.1) is 6.61 Å². The maximum atomic E-state index is 12.1. The Hall–Kier alpha value is -1.81. The molecular formula is C16H19NO3. The molecule has 4 nitrogen and oxygen atoms in total. The molecule has 20 heavy (non-hydrogen) atoms. The minimum Gasteiger partial charge on any atom is -0.451 e. The van der Waals surface area contributed by atoms with Crippen LogP contribution in [0.2, 0.25) is 0 Å². The first kappa shape index (κ1) is 13.2. The molecule has 0 radical (unpaired) electrons. The summed E-state index contributed by atoms with van der Waals surface area (Å²) in [5.41, 5.74) is 0.581. The van der Waals surface area contributed by atoms with Gasteiger partial charge in [-0.25, -0.2) is 0 Å². The second-order valence-electron chi connectivity index (χ2n) is 5.70. The molecule has 0 saturated heterocycles. The smallest absolute Gasteiger partial charge is 0.287 e. The molecule has 3 rings (SSSR count). The Balaban J connectivity index is 1.69. The fraction of sp³-hybridized carbons (Fsp3) is 0.438. The van der Waals surface area contributed by atoms with Crippen LogP contribution < -0.4 is 5.32 Å². The highest BCUT2D eigenvalue weighted by molar-refractivity contribution is 5.96. The predicted molar refractivity (Wildman–Crippen MR) is 76.5 cm³/mol. The Morgan fingerprint density at radius 1 is 1.30 bits per heavy atom. The number of aliphatic hydroxyl groups excluding tert-OH is 1. The molecule has 0 aliphatic heterocycles. The van der Waals surface area contributed by atoms with Crippen LogP contribution in [0.5, 0.6) is 0 Å². The largest absolute Gasteiger partial charge is 0.451 e. The third-order valence-corrected chi connectivity index (χ3v) is 4.27. The molecule has 2 aromatic rings. The lowest BCUT2D eigenvalue weighted by Gasteiger charge is -2.26. The van der Waals surface area contributed by atoms with Crippen molar-refractivity contribution in [3.8, 4) is 0 Å². The first-order valence-electron chi connectivity index (χ1n) is 7.10. The molecule has 1 heterocycles. The summed E-state index contributed by atoms with van der Waals surface area (Å²) >= 11 is 0. The van der Waals surface area contributed by atoms with Gasteiger partial charge in [0.25, 0.3) is 5.91 Å². The van der Waals surface area contributed by atoms with Gasteiger partial charge in [0.15, 0.2) is 5.76 Å². The van der Waals surface area contributed by atoms with E-state index in [-0.39, 0.29) is 17.9 Å². The number of aliphatic hydroxyl groups is 1. The number of amides is 1. The van der Waals surface area contributed by atoms with Crippen LogP contribution in [0.25, 0.3) is 11.0 Å². The monoisotopic (exact) mass is 273 g/mol. The molecule has 0 atom stereocenters. The van der Waals surface area contributed by atoms with Crippen molar-refractivity contribution in [2.45, 2.75) is 25.7 Å². The lowest BCUT2D eigenvalue weighted by molar-refractivity contribution is 0.0857. The van der Waals surface area contributed by atoms with E-state index in [0.29, 0.717) is 12.3 Å². The van der Waals surface area contributed by atoms with E-state index in [0.717, 1.165) is 36.7 Å². The van der Waals surface area contributed by atoms with Crippen molar-refractivity contribution < 1.29 is 14.3 Å². The molecular weight excluding hydrogens is 254 g/mol. The number of nitrogens with one attached hydrogen (secondary N) is 1. The molecule has 0 unspecified atom stereocenters. The SMILES string of the molecule is O=C(NCC1(CO)CCCC1)c1cc2ccccc2o1. The minimum absolute atomic E-state index is 0.132. The molecule has 1 aliphatic rings. The van der Waals surface area contributed by atoms with Crippen molar-refractivity contribution in [3.05, 3.63) is 36.1 Å². The van der Waals surface area contributed by atoms with Gasteiger partial charge in [0.1, 0.15) is 5.58 Å². The Morgan fingerprint density at radius 3 is 2.75 bits per heavy atom. The van der Waals surface area contributed by atoms with E-state index in [1.807, 2.05) is 24.3 Å². The molecule has 106 valence electrons. The summed E-state index contributed by atoms with van der Waals surface area (Å²) in [6.07, 6.45) is 4.20. The maximum Gasteiger partial charge on any atom is 0.287 e. The Bertz CT molecular complexity index is 578. The Morgan fingerprint density at radius 2 is 2.05 bits per heavy atom. The summed E-state index contributed by atoms with van der Waals surface area (Å²) in [7, 11) is 0. The highest BCUT2D eigenvalue weighted by atomic mass is 16.3. The van der Waals surface area contributed by atoms with Crippen LogP contribution in [-0.2, 0) is 0 Å². The van der Waals surface area contributed by atoms with Crippen LogP contribution >= 0.6 is 0 Å². The molecule has 1 saturated carbocycles. The number of furan rings is 1. The predicted octanol–water partition coefficient (Wildman–Crippen LogP) is 2.72. The van der Waals surface area contributed by atoms with Crippen LogP contribution in [0, 0.1) is 5.41 Å². The van der Waals surface area contributed by atoms with E-state index >= 15 is 0 Å². The van der Waals surface area contributed by atoms with Crippen LogP contribution in [0.1, 0.15) is 36.2 Å². The van der Waals surface area contributed by atoms with Gasteiger partial charge in [-0.05, 0) is 25.0 Å². The minimum atomic E-state index is -0.207. The maximum absolute atomic E-state index is 12.1. The zero-order chi connectivity index (χ0) is 14.0. The Kier molecular flexibility index (Phi) is 3.49. The average Bonchev–Trinajstić information content (AvgIpc) is 3.12. The van der Waals surface area contributed by atoms with E-state index in [9.17, 15) is 9.90 Å². The van der Waals surface area contributed by atoms with E-state index in [2.05, 4.69) is 5.32 Å². The summed E-state index contributed by atoms with van der Waals surface area (Å²) in [5.74, 6) is 0.123. The van der Waals surface area contributed by atoms with Crippen LogP contribution in [0.3, 0.4) is 0 Å². The first-order chi connectivity index (χ1) is 9.72. The zero-order valence-corrected chi connectivity index (χ0v) is 11.4. The van der Waals surface area contributed by atoms with Crippen LogP contribution in [0.4, 0.5) is 0 Å². The van der Waals surface area contributed by atoms with Gasteiger partial charge in [-0.1, -0.05) is 31.0 Å². The second kappa shape index (κ2) is 5.29. The van der Waals surface area contributed by atoms with Gasteiger partial charge >= 0.3 is 0 Å². The quantitative estimate of drug-likeness (QED) is 0.900. The second-order valence-corrected chi connectivity index (χ2v) is 5.70. The van der Waals surface area contributed by atoms with Crippen LogP contribution in [-0.4, -0.2) is 24.2 Å². The number of para-hydroxylation sites is 1. The summed E-state index contributed by atoms with van der Waals surface area (Å²) < 4.78 is 5.54. The van der Waals surface area contributed by atoms with Crippen molar-refractivity contribution in [1.29, 1.82) is 0 Å². The average molecular weight is 273 g/mol. The van der Waals surface area contributed by atoms with Crippen molar-refractivity contribution >= 4 is 16.9 Å². The molecule has 1 amide bonds. The molecule has 1 aromatic carbocycles. The number of carbonyl (C=O) groups excluding carboxylic acids is 1. The number of carbonyl (C=O) groups is 1. The fourth-order valence-corrected chi connectivity index (χ4v) is 2.96. The molecule has 1 fully saturated rings. The highest BCUT2D eigenvalue weighted by Gasteiger charge is 2.33. The van der Waals surface area contributed by atoms with Gasteiger partial charge in [0.2, 0.25) is 0 Å². The summed E-state index contributed by atoms with van der Waals surface area (Å²) in [5, 5.41) is 13.4. The number of benzene rings is 1. The van der Waals surface area contributed by atoms with Crippen LogP contribution in [0.15, 0.2) is 34.7 Å². The Labute approximate surface area is 117 Å². The zero-order valence-electron chi connectivity index (χ0n) is 11.4. The third kappa shape index (κ3) is 2.43. The lowest BCUT2D eigenvalue weighted by atomic mass is 9.87. The van der Waals surface area contributed by atoms with Gasteiger partial charge < -0.3 is 14.8 Å². The van der Waals surface area contributed by atoms with Gasteiger partial charge in [-0.15, -0.1) is 0 Å². The lowest BCUT2D eigenvalue weighted by Crippen LogP contribution is -2.38. The van der Waals surface area contributed by atoms with E-state index in [1.165, 1.54) is 0 Å².